The number of nitrogens with zero attached hydrogens (tertiary/aromatic N) is 2. The molecule has 0 saturated heterocycles. The number of thiophene rings is 2. The summed E-state index contributed by atoms with van der Waals surface area (Å²) in [7, 11) is 0. The van der Waals surface area contributed by atoms with Crippen molar-refractivity contribution >= 4 is 76.0 Å². The predicted molar refractivity (Wildman–Crippen MR) is 219 cm³/mol. The standard InChI is InChI=1S/C46H37N3S2/c1-26-10-17-35-34-6-3-4-9-39(34)49(40(35)22-26)45-32(27(2)48)7-5-8-33(45)31-16-20-42-38(24-31)44-43(50-42)21-18-36-37-23-30(15-19-41(37)51-46(36)44)29-13-11-28(25-47)12-14-29/h3-11,13,15-21,24,26-27,30H,12,14,22-23,48H2,1-2H3. The van der Waals surface area contributed by atoms with Gasteiger partial charge in [-0.1, -0.05) is 85.3 Å². The zero-order valence-corrected chi connectivity index (χ0v) is 30.4. The van der Waals surface area contributed by atoms with Crippen molar-refractivity contribution in [3.8, 4) is 22.9 Å². The monoisotopic (exact) mass is 695 g/mol. The molecule has 0 radical (unpaired) electrons. The van der Waals surface area contributed by atoms with Gasteiger partial charge in [0.1, 0.15) is 0 Å². The number of rotatable bonds is 4. The Labute approximate surface area is 305 Å². The Bertz CT molecular complexity index is 2770. The fraction of sp³-hybridized carbons (Fsp3) is 0.196. The van der Waals surface area contributed by atoms with Gasteiger partial charge in [-0.25, -0.2) is 0 Å². The predicted octanol–water partition coefficient (Wildman–Crippen LogP) is 12.5. The van der Waals surface area contributed by atoms with Gasteiger partial charge >= 0.3 is 0 Å². The van der Waals surface area contributed by atoms with Gasteiger partial charge in [0.2, 0.25) is 0 Å². The number of aromatic nitrogens is 1. The zero-order valence-electron chi connectivity index (χ0n) is 28.7. The highest BCUT2D eigenvalue weighted by Crippen LogP contribution is 2.48. The summed E-state index contributed by atoms with van der Waals surface area (Å²) in [6, 6.07) is 29.6. The Morgan fingerprint density at radius 3 is 2.59 bits per heavy atom. The highest BCUT2D eigenvalue weighted by Gasteiger charge is 2.27. The zero-order chi connectivity index (χ0) is 34.4. The first-order chi connectivity index (χ1) is 25.0. The molecule has 51 heavy (non-hydrogen) atoms. The van der Waals surface area contributed by atoms with Gasteiger partial charge in [0.15, 0.2) is 0 Å². The van der Waals surface area contributed by atoms with Gasteiger partial charge in [-0.2, -0.15) is 5.26 Å². The Balaban J connectivity index is 1.16. The van der Waals surface area contributed by atoms with Crippen LogP contribution < -0.4 is 5.73 Å². The first-order valence-electron chi connectivity index (χ1n) is 18.0. The molecular formula is C46H37N3S2. The van der Waals surface area contributed by atoms with Gasteiger partial charge in [-0.3, -0.25) is 0 Å². The molecule has 3 atom stereocenters. The number of nitriles is 1. The molecule has 5 heteroatoms. The first kappa shape index (κ1) is 30.8. The molecule has 7 aromatic rings. The molecule has 0 bridgehead atoms. The van der Waals surface area contributed by atoms with Crippen LogP contribution >= 0.6 is 22.7 Å². The maximum Gasteiger partial charge on any atom is 0.0947 e. The summed E-state index contributed by atoms with van der Waals surface area (Å²) in [6.45, 7) is 4.42. The molecule has 3 nitrogen and oxygen atoms in total. The van der Waals surface area contributed by atoms with E-state index in [9.17, 15) is 5.26 Å². The molecule has 0 spiro atoms. The summed E-state index contributed by atoms with van der Waals surface area (Å²) in [5.41, 5.74) is 19.3. The summed E-state index contributed by atoms with van der Waals surface area (Å²) in [5, 5.41) is 14.7. The second-order valence-electron chi connectivity index (χ2n) is 14.6. The van der Waals surface area contributed by atoms with Crippen LogP contribution in [-0.2, 0) is 12.8 Å². The van der Waals surface area contributed by atoms with Crippen molar-refractivity contribution in [1.82, 2.24) is 4.57 Å². The lowest BCUT2D eigenvalue weighted by atomic mass is 9.82. The fourth-order valence-electron chi connectivity index (χ4n) is 8.80. The van der Waals surface area contributed by atoms with E-state index in [1.807, 2.05) is 28.7 Å². The number of hydrogen-bond acceptors (Lipinski definition) is 4. The summed E-state index contributed by atoms with van der Waals surface area (Å²) in [5.74, 6) is 0.856. The first-order valence-corrected chi connectivity index (χ1v) is 19.7. The van der Waals surface area contributed by atoms with Crippen molar-refractivity contribution in [1.29, 1.82) is 5.26 Å². The van der Waals surface area contributed by atoms with E-state index >= 15 is 0 Å². The van der Waals surface area contributed by atoms with E-state index in [0.29, 0.717) is 11.8 Å². The Morgan fingerprint density at radius 1 is 0.863 bits per heavy atom. The molecule has 3 heterocycles. The third-order valence-corrected chi connectivity index (χ3v) is 13.7. The lowest BCUT2D eigenvalue weighted by molar-refractivity contribution is 0.688. The van der Waals surface area contributed by atoms with E-state index in [1.54, 1.807) is 0 Å². The minimum absolute atomic E-state index is 0.123. The van der Waals surface area contributed by atoms with Crippen LogP contribution in [0, 0.1) is 23.2 Å². The normalized spacial score (nSPS) is 18.9. The van der Waals surface area contributed by atoms with Crippen molar-refractivity contribution in [3.63, 3.8) is 0 Å². The van der Waals surface area contributed by atoms with Gasteiger partial charge in [-0.05, 0) is 97.0 Å². The second kappa shape index (κ2) is 11.8. The van der Waals surface area contributed by atoms with Gasteiger partial charge < -0.3 is 10.3 Å². The number of hydrogen-bond donors (Lipinski definition) is 1. The van der Waals surface area contributed by atoms with Crippen LogP contribution in [0.5, 0.6) is 0 Å². The van der Waals surface area contributed by atoms with E-state index in [1.165, 1.54) is 85.2 Å². The van der Waals surface area contributed by atoms with Gasteiger partial charge in [0.05, 0.1) is 17.3 Å². The summed E-state index contributed by atoms with van der Waals surface area (Å²) < 4.78 is 6.59. The highest BCUT2D eigenvalue weighted by molar-refractivity contribution is 7.27. The van der Waals surface area contributed by atoms with Crippen LogP contribution in [0.3, 0.4) is 0 Å². The molecule has 3 aliphatic rings. The van der Waals surface area contributed by atoms with Crippen LogP contribution in [0.4, 0.5) is 0 Å². The molecule has 4 aromatic carbocycles. The molecule has 3 aliphatic carbocycles. The third kappa shape index (κ3) is 4.78. The molecule has 0 amide bonds. The van der Waals surface area contributed by atoms with Crippen molar-refractivity contribution in [2.24, 2.45) is 17.6 Å². The lowest BCUT2D eigenvalue weighted by Gasteiger charge is -2.23. The highest BCUT2D eigenvalue weighted by atomic mass is 32.1. The quantitative estimate of drug-likeness (QED) is 0.199. The molecule has 3 aromatic heterocycles. The number of fused-ring (bicyclic) bond motifs is 10. The smallest absolute Gasteiger partial charge is 0.0947 e. The number of allylic oxidation sites excluding steroid dienone is 6. The third-order valence-electron chi connectivity index (χ3n) is 11.3. The number of para-hydroxylation sites is 2. The lowest BCUT2D eigenvalue weighted by Crippen LogP contribution is -2.14. The molecule has 0 fully saturated rings. The van der Waals surface area contributed by atoms with Crippen molar-refractivity contribution < 1.29 is 0 Å². The van der Waals surface area contributed by atoms with Gasteiger partial charge in [0, 0.05) is 69.5 Å². The van der Waals surface area contributed by atoms with Crippen LogP contribution in [-0.4, -0.2) is 4.57 Å². The average Bonchev–Trinajstić information content (AvgIpc) is 3.82. The van der Waals surface area contributed by atoms with Crippen molar-refractivity contribution in [2.75, 3.05) is 0 Å². The van der Waals surface area contributed by atoms with Crippen LogP contribution in [0.15, 0.2) is 108 Å². The van der Waals surface area contributed by atoms with Crippen LogP contribution in [0.1, 0.15) is 60.0 Å². The minimum atomic E-state index is -0.123. The SMILES string of the molecule is CC1C=Cc2c(n(-c3c(-c4ccc5sc6ccc7c8c(sc7c6c5c4)C=CC(C4=CC=C(C#N)CC4)C8)cccc3C(C)N)c3ccccc23)C1. The molecule has 2 N–H and O–H groups in total. The van der Waals surface area contributed by atoms with Crippen LogP contribution in [0.25, 0.3) is 70.1 Å². The maximum absolute atomic E-state index is 9.35. The summed E-state index contributed by atoms with van der Waals surface area (Å²) in [4.78, 5) is 1.38. The molecule has 248 valence electrons. The van der Waals surface area contributed by atoms with E-state index in [2.05, 4.69) is 128 Å². The number of nitrogens with two attached hydrogens (primary N) is 1. The van der Waals surface area contributed by atoms with E-state index < -0.39 is 0 Å². The fourth-order valence-corrected chi connectivity index (χ4v) is 11.3. The average molecular weight is 696 g/mol. The topological polar surface area (TPSA) is 54.7 Å². The van der Waals surface area contributed by atoms with E-state index in [-0.39, 0.29) is 6.04 Å². The minimum Gasteiger partial charge on any atom is -0.324 e. The molecule has 0 saturated carbocycles. The molecule has 0 aliphatic heterocycles. The van der Waals surface area contributed by atoms with Crippen molar-refractivity contribution in [3.05, 3.63) is 136 Å². The van der Waals surface area contributed by atoms with Crippen molar-refractivity contribution in [2.45, 2.75) is 45.6 Å². The molecular weight excluding hydrogens is 659 g/mol. The van der Waals surface area contributed by atoms with E-state index in [4.69, 9.17) is 5.73 Å². The second-order valence-corrected chi connectivity index (χ2v) is 16.7. The summed E-state index contributed by atoms with van der Waals surface area (Å²) in [6.07, 6.45) is 17.5. The Hall–Kier alpha value is -4.99. The van der Waals surface area contributed by atoms with Crippen LogP contribution in [0.2, 0.25) is 0 Å². The van der Waals surface area contributed by atoms with Gasteiger partial charge in [-0.15, -0.1) is 22.7 Å². The van der Waals surface area contributed by atoms with Gasteiger partial charge in [0.25, 0.3) is 0 Å². The Kier molecular flexibility index (Phi) is 7.12. The molecule has 3 unspecified atom stereocenters. The molecule has 10 rings (SSSR count). The maximum atomic E-state index is 9.35. The largest absolute Gasteiger partial charge is 0.324 e. The Morgan fingerprint density at radius 2 is 1.75 bits per heavy atom. The number of benzene rings is 4. The summed E-state index contributed by atoms with van der Waals surface area (Å²) >= 11 is 3.84. The van der Waals surface area contributed by atoms with E-state index in [0.717, 1.165) is 36.8 Å².